The molecule has 0 radical (unpaired) electrons. The highest BCUT2D eigenvalue weighted by Crippen LogP contribution is 2.27. The van der Waals surface area contributed by atoms with Gasteiger partial charge in [-0.3, -0.25) is 9.59 Å². The Balaban J connectivity index is 1.74. The molecular weight excluding hydrogens is 372 g/mol. The molecule has 0 bridgehead atoms. The second kappa shape index (κ2) is 7.87. The number of carbonyl (C=O) groups is 1. The largest absolute Gasteiger partial charge is 0.350 e. The molecule has 140 valence electrons. The zero-order chi connectivity index (χ0) is 19.5. The van der Waals surface area contributed by atoms with Gasteiger partial charge in [0, 0.05) is 23.7 Å². The van der Waals surface area contributed by atoms with Gasteiger partial charge in [0.2, 0.25) is 5.91 Å². The highest BCUT2D eigenvalue weighted by atomic mass is 35.5. The number of nitrogens with one attached hydrogen (secondary N) is 2. The first-order chi connectivity index (χ1) is 13.6. The van der Waals surface area contributed by atoms with E-state index >= 15 is 0 Å². The number of carbonyl (C=O) groups excluding carboxylic acids is 1. The Labute approximate surface area is 167 Å². The van der Waals surface area contributed by atoms with Gasteiger partial charge >= 0.3 is 0 Å². The predicted octanol–water partition coefficient (Wildman–Crippen LogP) is 4.41. The molecule has 0 aliphatic carbocycles. The normalized spacial score (nSPS) is 16.8. The van der Waals surface area contributed by atoms with E-state index in [2.05, 4.69) is 34.6 Å². The number of aromatic amines is 1. The molecule has 28 heavy (non-hydrogen) atoms. The summed E-state index contributed by atoms with van der Waals surface area (Å²) in [5.74, 6) is 0.0459. The summed E-state index contributed by atoms with van der Waals surface area (Å²) < 4.78 is 0. The number of hydrogen-bond donors (Lipinski definition) is 2. The minimum absolute atomic E-state index is 0.0459. The highest BCUT2D eigenvalue weighted by Gasteiger charge is 2.20. The van der Waals surface area contributed by atoms with Gasteiger partial charge in [-0.2, -0.15) is 0 Å². The van der Waals surface area contributed by atoms with Gasteiger partial charge in [-0.25, -0.2) is 0 Å². The summed E-state index contributed by atoms with van der Waals surface area (Å²) in [5, 5.41) is 3.10. The lowest BCUT2D eigenvalue weighted by molar-refractivity contribution is -0.119. The van der Waals surface area contributed by atoms with Crippen LogP contribution >= 0.6 is 11.6 Å². The molecule has 1 atom stereocenters. The van der Waals surface area contributed by atoms with Crippen molar-refractivity contribution in [3.8, 4) is 11.1 Å². The van der Waals surface area contributed by atoms with Crippen molar-refractivity contribution in [3.63, 3.8) is 0 Å². The summed E-state index contributed by atoms with van der Waals surface area (Å²) in [5.41, 5.74) is 4.41. The van der Waals surface area contributed by atoms with E-state index in [4.69, 9.17) is 11.6 Å². The molecule has 0 spiro atoms. The average molecular weight is 391 g/mol. The third-order valence-electron chi connectivity index (χ3n) is 4.85. The Kier molecular flexibility index (Phi) is 5.13. The summed E-state index contributed by atoms with van der Waals surface area (Å²) in [6.45, 7) is 0. The van der Waals surface area contributed by atoms with Gasteiger partial charge in [-0.1, -0.05) is 72.3 Å². The van der Waals surface area contributed by atoms with Crippen molar-refractivity contribution in [1.29, 1.82) is 0 Å². The maximum atomic E-state index is 12.0. The molecule has 1 fully saturated rings. The molecule has 1 aliphatic rings. The topological polar surface area (TPSA) is 62.0 Å². The van der Waals surface area contributed by atoms with E-state index in [1.807, 2.05) is 36.4 Å². The number of H-pyrrole nitrogens is 1. The molecule has 1 saturated heterocycles. The Morgan fingerprint density at radius 3 is 2.29 bits per heavy atom. The number of pyridine rings is 1. The van der Waals surface area contributed by atoms with E-state index in [9.17, 15) is 9.59 Å². The molecule has 1 aliphatic heterocycles. The molecule has 4 rings (SSSR count). The first-order valence-corrected chi connectivity index (χ1v) is 9.54. The fraction of sp³-hybridized carbons (Fsp3) is 0.130. The van der Waals surface area contributed by atoms with Crippen molar-refractivity contribution in [2.75, 3.05) is 0 Å². The van der Waals surface area contributed by atoms with Gasteiger partial charge < -0.3 is 10.3 Å². The SMILES string of the molecule is O=C1CC[C@H](/C=C(\c2ccc(-c3ccccc3)cc2)c2ccc(Cl)c(=O)[nH]2)N1. The van der Waals surface area contributed by atoms with E-state index in [1.54, 1.807) is 12.1 Å². The maximum Gasteiger partial charge on any atom is 0.267 e. The van der Waals surface area contributed by atoms with Crippen LogP contribution in [0, 0.1) is 0 Å². The maximum absolute atomic E-state index is 12.0. The van der Waals surface area contributed by atoms with Gasteiger partial charge in [-0.05, 0) is 35.2 Å². The van der Waals surface area contributed by atoms with Gasteiger partial charge in [0.15, 0.2) is 0 Å². The van der Waals surface area contributed by atoms with Gasteiger partial charge in [0.25, 0.3) is 5.56 Å². The lowest BCUT2D eigenvalue weighted by atomic mass is 9.96. The molecular formula is C23H19ClN2O2. The van der Waals surface area contributed by atoms with Crippen LogP contribution in [-0.4, -0.2) is 16.9 Å². The smallest absolute Gasteiger partial charge is 0.267 e. The zero-order valence-corrected chi connectivity index (χ0v) is 15.9. The molecule has 2 heterocycles. The van der Waals surface area contributed by atoms with Gasteiger partial charge in [0.05, 0.1) is 0 Å². The first-order valence-electron chi connectivity index (χ1n) is 9.16. The Morgan fingerprint density at radius 1 is 0.929 bits per heavy atom. The molecule has 3 aromatic rings. The highest BCUT2D eigenvalue weighted by molar-refractivity contribution is 6.30. The standard InChI is InChI=1S/C23H19ClN2O2/c24-20-11-12-21(26-23(20)28)19(14-18-10-13-22(27)25-18)17-8-6-16(7-9-17)15-4-2-1-3-5-15/h1-9,11-12,14,18H,10,13H2,(H,25,27)(H,26,28)/b19-14+/t18-/m1/s1. The summed E-state index contributed by atoms with van der Waals surface area (Å²) in [7, 11) is 0. The third kappa shape index (κ3) is 3.92. The van der Waals surface area contributed by atoms with Crippen molar-refractivity contribution in [2.24, 2.45) is 0 Å². The van der Waals surface area contributed by atoms with Crippen molar-refractivity contribution >= 4 is 23.1 Å². The summed E-state index contributed by atoms with van der Waals surface area (Å²) in [4.78, 5) is 26.4. The van der Waals surface area contributed by atoms with Crippen LogP contribution in [0.5, 0.6) is 0 Å². The lowest BCUT2D eigenvalue weighted by Gasteiger charge is -2.13. The van der Waals surface area contributed by atoms with Crippen molar-refractivity contribution in [1.82, 2.24) is 10.3 Å². The number of amides is 1. The monoisotopic (exact) mass is 390 g/mol. The Morgan fingerprint density at radius 2 is 1.64 bits per heavy atom. The molecule has 5 heteroatoms. The molecule has 4 nitrogen and oxygen atoms in total. The van der Waals surface area contributed by atoms with Crippen LogP contribution < -0.4 is 10.9 Å². The molecule has 0 unspecified atom stereocenters. The van der Waals surface area contributed by atoms with Crippen LogP contribution in [-0.2, 0) is 4.79 Å². The second-order valence-electron chi connectivity index (χ2n) is 6.79. The second-order valence-corrected chi connectivity index (χ2v) is 7.19. The van der Waals surface area contributed by atoms with Crippen molar-refractivity contribution < 1.29 is 4.79 Å². The van der Waals surface area contributed by atoms with Crippen LogP contribution in [0.25, 0.3) is 16.7 Å². The van der Waals surface area contributed by atoms with Crippen molar-refractivity contribution in [3.05, 3.63) is 99.4 Å². The average Bonchev–Trinajstić information content (AvgIpc) is 3.14. The number of rotatable bonds is 4. The predicted molar refractivity (Wildman–Crippen MR) is 112 cm³/mol. The minimum Gasteiger partial charge on any atom is -0.350 e. The van der Waals surface area contributed by atoms with E-state index in [1.165, 1.54) is 0 Å². The van der Waals surface area contributed by atoms with E-state index in [-0.39, 0.29) is 22.5 Å². The number of benzene rings is 2. The van der Waals surface area contributed by atoms with Crippen LogP contribution in [0.3, 0.4) is 0 Å². The molecule has 0 saturated carbocycles. The van der Waals surface area contributed by atoms with E-state index in [0.717, 1.165) is 28.7 Å². The Bertz CT molecular complexity index is 1090. The fourth-order valence-corrected chi connectivity index (χ4v) is 3.50. The number of halogens is 1. The summed E-state index contributed by atoms with van der Waals surface area (Å²) in [6, 6.07) is 21.6. The molecule has 1 amide bonds. The fourth-order valence-electron chi connectivity index (χ4n) is 3.39. The summed E-state index contributed by atoms with van der Waals surface area (Å²) in [6.07, 6.45) is 3.25. The minimum atomic E-state index is -0.332. The molecule has 1 aromatic heterocycles. The van der Waals surface area contributed by atoms with Crippen molar-refractivity contribution in [2.45, 2.75) is 18.9 Å². The third-order valence-corrected chi connectivity index (χ3v) is 5.15. The zero-order valence-electron chi connectivity index (χ0n) is 15.1. The number of aromatic nitrogens is 1. The summed E-state index contributed by atoms with van der Waals surface area (Å²) >= 11 is 5.89. The van der Waals surface area contributed by atoms with Crippen LogP contribution in [0.15, 0.2) is 77.6 Å². The van der Waals surface area contributed by atoms with Gasteiger partial charge in [-0.15, -0.1) is 0 Å². The van der Waals surface area contributed by atoms with Crippen LogP contribution in [0.4, 0.5) is 0 Å². The molecule has 2 aromatic carbocycles. The lowest BCUT2D eigenvalue weighted by Crippen LogP contribution is -2.23. The van der Waals surface area contributed by atoms with E-state index in [0.29, 0.717) is 12.1 Å². The quantitative estimate of drug-likeness (QED) is 0.693. The van der Waals surface area contributed by atoms with Crippen LogP contribution in [0.2, 0.25) is 5.02 Å². The Hall–Kier alpha value is -3.11. The first kappa shape index (κ1) is 18.3. The van der Waals surface area contributed by atoms with Gasteiger partial charge in [0.1, 0.15) is 5.02 Å². The molecule has 2 N–H and O–H groups in total. The van der Waals surface area contributed by atoms with Crippen LogP contribution in [0.1, 0.15) is 24.1 Å². The number of hydrogen-bond acceptors (Lipinski definition) is 2. The van der Waals surface area contributed by atoms with E-state index < -0.39 is 0 Å².